The fourth-order valence-corrected chi connectivity index (χ4v) is 3.85. The molecule has 1 aliphatic heterocycles. The van der Waals surface area contributed by atoms with Crippen molar-refractivity contribution in [1.29, 1.82) is 5.26 Å². The first-order valence-corrected chi connectivity index (χ1v) is 9.86. The summed E-state index contributed by atoms with van der Waals surface area (Å²) in [7, 11) is 0. The lowest BCUT2D eigenvalue weighted by Crippen LogP contribution is -2.36. The van der Waals surface area contributed by atoms with E-state index in [0.29, 0.717) is 18.7 Å². The van der Waals surface area contributed by atoms with E-state index in [2.05, 4.69) is 16.1 Å². The normalized spacial score (nSPS) is 13.4. The number of para-hydroxylation sites is 1. The van der Waals surface area contributed by atoms with Gasteiger partial charge in [0.15, 0.2) is 0 Å². The Kier molecular flexibility index (Phi) is 6.54. The van der Waals surface area contributed by atoms with Gasteiger partial charge in [-0.25, -0.2) is 0 Å². The fraction of sp³-hybridized carbons (Fsp3) is 0.300. The Morgan fingerprint density at radius 2 is 2.07 bits per heavy atom. The van der Waals surface area contributed by atoms with Crippen LogP contribution in [0.4, 0.5) is 24.5 Å². The number of halogens is 3. The number of alkyl halides is 3. The summed E-state index contributed by atoms with van der Waals surface area (Å²) in [5, 5.41) is 11.6. The molecular formula is C20H18F3N3O2S. The van der Waals surface area contributed by atoms with Crippen LogP contribution >= 0.6 is 11.8 Å². The molecule has 0 saturated heterocycles. The number of hydrogen-bond donors (Lipinski definition) is 1. The molecule has 0 bridgehead atoms. The Balaban J connectivity index is 1.69. The summed E-state index contributed by atoms with van der Waals surface area (Å²) in [5.74, 6) is -0.223. The minimum absolute atomic E-state index is 0.0731. The standard InChI is InChI=1S/C20H18F3N3O2S/c21-20(22,23)28-15-7-8-17-14(12-15)4-3-10-26(17)13-19(27)25-16-5-1-2-6-18(16)29-11-9-24/h1-2,5-8,12H,3-4,10-11,13H2,(H,25,27). The Morgan fingerprint density at radius 1 is 1.28 bits per heavy atom. The summed E-state index contributed by atoms with van der Waals surface area (Å²) in [6.45, 7) is 0.703. The third-order valence-corrected chi connectivity index (χ3v) is 5.23. The van der Waals surface area contributed by atoms with Crippen molar-refractivity contribution in [3.63, 3.8) is 0 Å². The SMILES string of the molecule is N#CCSc1ccccc1NC(=O)CN1CCCc2cc(OC(F)(F)F)ccc21. The summed E-state index contributed by atoms with van der Waals surface area (Å²) < 4.78 is 41.3. The van der Waals surface area contributed by atoms with Crippen LogP contribution in [0, 0.1) is 11.3 Å². The van der Waals surface area contributed by atoms with Gasteiger partial charge in [-0.05, 0) is 48.7 Å². The molecule has 1 amide bonds. The molecular weight excluding hydrogens is 403 g/mol. The third kappa shape index (κ3) is 5.81. The summed E-state index contributed by atoms with van der Waals surface area (Å²) in [6, 6.07) is 13.5. The number of carbonyl (C=O) groups excluding carboxylic acids is 1. The number of carbonyl (C=O) groups is 1. The number of fused-ring (bicyclic) bond motifs is 1. The topological polar surface area (TPSA) is 65.4 Å². The fourth-order valence-electron chi connectivity index (χ4n) is 3.18. The number of ether oxygens (including phenoxy) is 1. The molecule has 1 aliphatic rings. The summed E-state index contributed by atoms with van der Waals surface area (Å²) in [6.07, 6.45) is -3.39. The van der Waals surface area contributed by atoms with E-state index in [0.717, 1.165) is 22.6 Å². The van der Waals surface area contributed by atoms with Gasteiger partial charge in [0.2, 0.25) is 5.91 Å². The Bertz CT molecular complexity index is 928. The van der Waals surface area contributed by atoms with Crippen LogP contribution in [0.5, 0.6) is 5.75 Å². The number of thioether (sulfide) groups is 1. The van der Waals surface area contributed by atoms with E-state index in [1.165, 1.54) is 23.9 Å². The van der Waals surface area contributed by atoms with Crippen LogP contribution < -0.4 is 15.0 Å². The minimum atomic E-state index is -4.74. The maximum absolute atomic E-state index is 12.6. The van der Waals surface area contributed by atoms with Crippen molar-refractivity contribution < 1.29 is 22.7 Å². The van der Waals surface area contributed by atoms with Crippen molar-refractivity contribution in [3.8, 4) is 11.8 Å². The lowest BCUT2D eigenvalue weighted by molar-refractivity contribution is -0.274. The van der Waals surface area contributed by atoms with Crippen molar-refractivity contribution in [2.45, 2.75) is 24.1 Å². The molecule has 0 fully saturated rings. The zero-order valence-electron chi connectivity index (χ0n) is 15.3. The monoisotopic (exact) mass is 421 g/mol. The molecule has 5 nitrogen and oxygen atoms in total. The van der Waals surface area contributed by atoms with Gasteiger partial charge in [0.25, 0.3) is 0 Å². The summed E-state index contributed by atoms with van der Waals surface area (Å²) in [5.41, 5.74) is 2.08. The smallest absolute Gasteiger partial charge is 0.406 e. The molecule has 1 N–H and O–H groups in total. The molecule has 0 unspecified atom stereocenters. The lowest BCUT2D eigenvalue weighted by Gasteiger charge is -2.31. The van der Waals surface area contributed by atoms with E-state index in [-0.39, 0.29) is 24.0 Å². The highest BCUT2D eigenvalue weighted by atomic mass is 32.2. The van der Waals surface area contributed by atoms with Crippen molar-refractivity contribution in [1.82, 2.24) is 0 Å². The molecule has 1 heterocycles. The molecule has 0 atom stereocenters. The number of anilines is 2. The molecule has 0 radical (unpaired) electrons. The van der Waals surface area contributed by atoms with Crippen LogP contribution in [0.25, 0.3) is 0 Å². The minimum Gasteiger partial charge on any atom is -0.406 e. The number of amides is 1. The van der Waals surface area contributed by atoms with Gasteiger partial charge in [0.05, 0.1) is 24.1 Å². The van der Waals surface area contributed by atoms with Gasteiger partial charge in [-0.3, -0.25) is 4.79 Å². The number of hydrogen-bond acceptors (Lipinski definition) is 5. The van der Waals surface area contributed by atoms with Gasteiger partial charge in [0, 0.05) is 17.1 Å². The number of benzene rings is 2. The number of nitriles is 1. The predicted octanol–water partition coefficient (Wildman–Crippen LogP) is 4.59. The average molecular weight is 421 g/mol. The molecule has 0 aliphatic carbocycles. The molecule has 3 rings (SSSR count). The van der Waals surface area contributed by atoms with Crippen LogP contribution in [0.15, 0.2) is 47.4 Å². The third-order valence-electron chi connectivity index (χ3n) is 4.29. The lowest BCUT2D eigenvalue weighted by atomic mass is 10.0. The highest BCUT2D eigenvalue weighted by Crippen LogP contribution is 2.33. The van der Waals surface area contributed by atoms with E-state index in [4.69, 9.17) is 5.26 Å². The highest BCUT2D eigenvalue weighted by Gasteiger charge is 2.31. The van der Waals surface area contributed by atoms with Crippen molar-refractivity contribution >= 4 is 29.0 Å². The van der Waals surface area contributed by atoms with Crippen LogP contribution in [0.3, 0.4) is 0 Å². The number of nitrogens with one attached hydrogen (secondary N) is 1. The average Bonchev–Trinajstić information content (AvgIpc) is 2.66. The first-order chi connectivity index (χ1) is 13.9. The Morgan fingerprint density at radius 3 is 2.83 bits per heavy atom. The van der Waals surface area contributed by atoms with Crippen molar-refractivity contribution in [3.05, 3.63) is 48.0 Å². The zero-order chi connectivity index (χ0) is 20.9. The second kappa shape index (κ2) is 9.09. The Labute approximate surface area is 170 Å². The van der Waals surface area contributed by atoms with E-state index in [9.17, 15) is 18.0 Å². The molecule has 0 aromatic heterocycles. The second-order valence-electron chi connectivity index (χ2n) is 6.35. The molecule has 2 aromatic carbocycles. The second-order valence-corrected chi connectivity index (χ2v) is 7.37. The molecule has 29 heavy (non-hydrogen) atoms. The molecule has 2 aromatic rings. The van der Waals surface area contributed by atoms with Crippen molar-refractivity contribution in [2.75, 3.05) is 29.1 Å². The van der Waals surface area contributed by atoms with Gasteiger partial charge in [-0.2, -0.15) is 5.26 Å². The van der Waals surface area contributed by atoms with E-state index in [1.54, 1.807) is 18.2 Å². The number of nitrogens with zero attached hydrogens (tertiary/aromatic N) is 2. The molecule has 152 valence electrons. The van der Waals surface area contributed by atoms with Gasteiger partial charge >= 0.3 is 6.36 Å². The maximum Gasteiger partial charge on any atom is 0.573 e. The predicted molar refractivity (Wildman–Crippen MR) is 105 cm³/mol. The maximum atomic E-state index is 12.6. The van der Waals surface area contributed by atoms with Gasteiger partial charge in [-0.15, -0.1) is 24.9 Å². The summed E-state index contributed by atoms with van der Waals surface area (Å²) in [4.78, 5) is 15.2. The number of rotatable bonds is 6. The van der Waals surface area contributed by atoms with Crippen LogP contribution in [-0.2, 0) is 11.2 Å². The molecule has 0 spiro atoms. The van der Waals surface area contributed by atoms with Gasteiger partial charge in [-0.1, -0.05) is 12.1 Å². The first kappa shape index (κ1) is 20.9. The van der Waals surface area contributed by atoms with E-state index >= 15 is 0 Å². The first-order valence-electron chi connectivity index (χ1n) is 8.88. The highest BCUT2D eigenvalue weighted by molar-refractivity contribution is 7.99. The van der Waals surface area contributed by atoms with Gasteiger partial charge < -0.3 is 15.0 Å². The van der Waals surface area contributed by atoms with Crippen LogP contribution in [-0.4, -0.2) is 31.1 Å². The van der Waals surface area contributed by atoms with Gasteiger partial charge in [0.1, 0.15) is 5.75 Å². The number of aryl methyl sites for hydroxylation is 1. The molecule has 9 heteroatoms. The quantitative estimate of drug-likeness (QED) is 0.691. The summed E-state index contributed by atoms with van der Waals surface area (Å²) >= 11 is 1.33. The largest absolute Gasteiger partial charge is 0.573 e. The van der Waals surface area contributed by atoms with Crippen molar-refractivity contribution in [2.24, 2.45) is 0 Å². The van der Waals surface area contributed by atoms with E-state index < -0.39 is 6.36 Å². The van der Waals surface area contributed by atoms with Crippen LogP contribution in [0.2, 0.25) is 0 Å². The van der Waals surface area contributed by atoms with E-state index in [1.807, 2.05) is 17.0 Å². The van der Waals surface area contributed by atoms with Crippen LogP contribution in [0.1, 0.15) is 12.0 Å². The molecule has 0 saturated carbocycles. The Hall–Kier alpha value is -2.86. The zero-order valence-corrected chi connectivity index (χ0v) is 16.1.